The topological polar surface area (TPSA) is 313 Å². The van der Waals surface area contributed by atoms with Crippen LogP contribution >= 0.6 is 0 Å². The maximum absolute atomic E-state index is 14.9. The van der Waals surface area contributed by atoms with Gasteiger partial charge < -0.3 is 58.7 Å². The molecule has 3 heterocycles. The van der Waals surface area contributed by atoms with Crippen molar-refractivity contribution in [3.63, 3.8) is 0 Å². The molecule has 7 amide bonds. The number of imidazole rings is 1. The molecule has 1 aliphatic rings. The number of hydrogen-bond donors (Lipinski definition) is 11. The molecule has 1 aliphatic heterocycles. The maximum atomic E-state index is 14.9. The Bertz CT molecular complexity index is 2620. The highest BCUT2D eigenvalue weighted by molar-refractivity contribution is 5.98. The van der Waals surface area contributed by atoms with Gasteiger partial charge in [0.05, 0.1) is 12.7 Å². The second-order valence-corrected chi connectivity index (χ2v) is 17.9. The summed E-state index contributed by atoms with van der Waals surface area (Å²) in [7, 11) is 0. The lowest BCUT2D eigenvalue weighted by atomic mass is 9.97. The lowest BCUT2D eigenvalue weighted by Gasteiger charge is -2.27. The standard InChI is InChI=1S/C51H67N13O7/c1-2-3-5-21-44(65)60-43-28-45(66)55-22-10-4-11-23-56-46(67)40(26-34-29-58-38-19-9-8-18-37(34)38)62-47(68)39(20-13-24-57-51(52)53)61-48(69)41(25-33-16-12-15-32-14-6-7-17-36(32)33)63-49(70)42(64-50(43)71)27-35-30-54-31-59-35/h6-9,12,14-19,29-31,39-43,58H,2-5,10-11,13,20-28H2,1H3,(H,54,59)(H,55,66)(H,56,67)(H,60,65)(H,61,69)(H,62,68)(H,63,70)(H,64,71)(H4,52,53,57)/t39?,40-,41+,42?,43-/m0/s1. The second-order valence-electron chi connectivity index (χ2n) is 17.9. The van der Waals surface area contributed by atoms with Gasteiger partial charge in [0.15, 0.2) is 5.96 Å². The van der Waals surface area contributed by atoms with Crippen LogP contribution in [0.2, 0.25) is 0 Å². The Morgan fingerprint density at radius 2 is 1.32 bits per heavy atom. The van der Waals surface area contributed by atoms with Crippen molar-refractivity contribution < 1.29 is 33.6 Å². The molecule has 0 aliphatic carbocycles. The lowest BCUT2D eigenvalue weighted by molar-refractivity contribution is -0.135. The van der Waals surface area contributed by atoms with Gasteiger partial charge in [0.2, 0.25) is 41.4 Å². The Kier molecular flexibility index (Phi) is 19.9. The van der Waals surface area contributed by atoms with Crippen LogP contribution in [0.1, 0.15) is 88.0 Å². The molecule has 2 unspecified atom stereocenters. The molecular formula is C51H67N13O7. The number of unbranched alkanes of at least 4 members (excludes halogenated alkanes) is 2. The number of guanidine groups is 1. The summed E-state index contributed by atoms with van der Waals surface area (Å²) in [6, 6.07) is 14.4. The predicted molar refractivity (Wildman–Crippen MR) is 270 cm³/mol. The molecule has 20 heteroatoms. The number of benzene rings is 3. The third-order valence-corrected chi connectivity index (χ3v) is 12.4. The Balaban J connectivity index is 1.36. The molecule has 0 spiro atoms. The van der Waals surface area contributed by atoms with Gasteiger partial charge in [-0.05, 0) is 66.5 Å². The van der Waals surface area contributed by atoms with E-state index >= 15 is 0 Å². The summed E-state index contributed by atoms with van der Waals surface area (Å²) in [5.74, 6) is -4.44. The summed E-state index contributed by atoms with van der Waals surface area (Å²) in [4.78, 5) is 113. The number of carbonyl (C=O) groups excluding carboxylic acids is 7. The largest absolute Gasteiger partial charge is 0.370 e. The number of rotatable bonds is 15. The fourth-order valence-electron chi connectivity index (χ4n) is 8.57. The van der Waals surface area contributed by atoms with Crippen LogP contribution in [0.4, 0.5) is 0 Å². The summed E-state index contributed by atoms with van der Waals surface area (Å²) >= 11 is 0. The number of carbonyl (C=O) groups is 7. The highest BCUT2D eigenvalue weighted by atomic mass is 16.2. The molecule has 1 fully saturated rings. The molecule has 2 aromatic heterocycles. The molecule has 0 radical (unpaired) electrons. The Hall–Kier alpha value is -7.77. The molecule has 1 saturated heterocycles. The number of para-hydroxylation sites is 1. The molecular weight excluding hydrogens is 907 g/mol. The molecule has 0 bridgehead atoms. The first-order chi connectivity index (χ1) is 34.4. The first-order valence-electron chi connectivity index (χ1n) is 24.5. The third-order valence-electron chi connectivity index (χ3n) is 12.4. The zero-order valence-corrected chi connectivity index (χ0v) is 40.2. The van der Waals surface area contributed by atoms with Crippen LogP contribution in [-0.2, 0) is 52.8 Å². The fraction of sp³-hybridized carbons (Fsp3) is 0.431. The van der Waals surface area contributed by atoms with E-state index in [-0.39, 0.29) is 64.1 Å². The number of nitrogens with zero attached hydrogens (tertiary/aromatic N) is 2. The number of fused-ring (bicyclic) bond motifs is 2. The highest BCUT2D eigenvalue weighted by Gasteiger charge is 2.34. The van der Waals surface area contributed by atoms with Crippen molar-refractivity contribution >= 4 is 69.0 Å². The molecule has 3 aromatic carbocycles. The summed E-state index contributed by atoms with van der Waals surface area (Å²) in [6.45, 7) is 2.67. The van der Waals surface area contributed by atoms with Gasteiger partial charge in [-0.1, -0.05) is 80.4 Å². The molecule has 5 atom stereocenters. The lowest BCUT2D eigenvalue weighted by Crippen LogP contribution is -2.60. The van der Waals surface area contributed by atoms with Gasteiger partial charge in [0.1, 0.15) is 30.2 Å². The average Bonchev–Trinajstić information content (AvgIpc) is 4.03. The number of aromatic nitrogens is 3. The number of hydrogen-bond acceptors (Lipinski definition) is 9. The normalized spacial score (nSPS) is 20.4. The van der Waals surface area contributed by atoms with Gasteiger partial charge in [-0.15, -0.1) is 0 Å². The number of nitrogens with two attached hydrogens (primary N) is 2. The Morgan fingerprint density at radius 1 is 0.676 bits per heavy atom. The summed E-state index contributed by atoms with van der Waals surface area (Å²) in [6.07, 6.45) is 8.64. The van der Waals surface area contributed by atoms with E-state index in [0.29, 0.717) is 36.9 Å². The molecule has 20 nitrogen and oxygen atoms in total. The van der Waals surface area contributed by atoms with Gasteiger partial charge in [-0.25, -0.2) is 4.98 Å². The molecule has 0 saturated carbocycles. The number of aliphatic imine (C=N–C) groups is 1. The van der Waals surface area contributed by atoms with Gasteiger partial charge in [-0.2, -0.15) is 0 Å². The van der Waals surface area contributed by atoms with Crippen LogP contribution < -0.4 is 48.7 Å². The summed E-state index contributed by atoms with van der Waals surface area (Å²) in [5.41, 5.74) is 14.1. The van der Waals surface area contributed by atoms with Crippen LogP contribution in [0.15, 0.2) is 90.4 Å². The highest BCUT2D eigenvalue weighted by Crippen LogP contribution is 2.22. The first-order valence-corrected chi connectivity index (χ1v) is 24.5. The summed E-state index contributed by atoms with van der Waals surface area (Å²) in [5, 5.41) is 22.5. The van der Waals surface area contributed by atoms with E-state index in [1.165, 1.54) is 12.5 Å². The zero-order valence-electron chi connectivity index (χ0n) is 40.2. The van der Waals surface area contributed by atoms with Crippen molar-refractivity contribution in [1.29, 1.82) is 0 Å². The molecule has 6 rings (SSSR count). The van der Waals surface area contributed by atoms with Crippen LogP contribution in [0.25, 0.3) is 21.7 Å². The Morgan fingerprint density at radius 3 is 2.07 bits per heavy atom. The number of H-pyrrole nitrogens is 2. The minimum atomic E-state index is -1.35. The maximum Gasteiger partial charge on any atom is 0.243 e. The molecule has 71 heavy (non-hydrogen) atoms. The van der Waals surface area contributed by atoms with Gasteiger partial charge in [0.25, 0.3) is 0 Å². The molecule has 13 N–H and O–H groups in total. The molecule has 5 aromatic rings. The monoisotopic (exact) mass is 974 g/mol. The van der Waals surface area contributed by atoms with Crippen molar-refractivity contribution in [3.05, 3.63) is 102 Å². The van der Waals surface area contributed by atoms with E-state index in [9.17, 15) is 33.6 Å². The van der Waals surface area contributed by atoms with Crippen molar-refractivity contribution in [2.24, 2.45) is 16.5 Å². The van der Waals surface area contributed by atoms with E-state index < -0.39 is 78.0 Å². The predicted octanol–water partition coefficient (Wildman–Crippen LogP) is 1.94. The average molecular weight is 974 g/mol. The van der Waals surface area contributed by atoms with Gasteiger partial charge in [-0.3, -0.25) is 38.6 Å². The zero-order chi connectivity index (χ0) is 50.5. The Labute approximate surface area is 412 Å². The fourth-order valence-corrected chi connectivity index (χ4v) is 8.57. The van der Waals surface area contributed by atoms with E-state index in [1.54, 1.807) is 6.20 Å². The quantitative estimate of drug-likeness (QED) is 0.0412. The van der Waals surface area contributed by atoms with Crippen molar-refractivity contribution in [2.45, 2.75) is 121 Å². The van der Waals surface area contributed by atoms with Crippen molar-refractivity contribution in [3.8, 4) is 0 Å². The van der Waals surface area contributed by atoms with Crippen LogP contribution in [0, 0.1) is 0 Å². The van der Waals surface area contributed by atoms with E-state index in [4.69, 9.17) is 11.5 Å². The van der Waals surface area contributed by atoms with Gasteiger partial charge in [0, 0.05) is 74.3 Å². The van der Waals surface area contributed by atoms with E-state index in [2.05, 4.69) is 57.2 Å². The smallest absolute Gasteiger partial charge is 0.243 e. The van der Waals surface area contributed by atoms with Crippen LogP contribution in [0.5, 0.6) is 0 Å². The number of amides is 7. The number of aromatic amines is 2. The second kappa shape index (κ2) is 26.8. The molecule has 378 valence electrons. The third kappa shape index (κ3) is 16.1. The van der Waals surface area contributed by atoms with Crippen molar-refractivity contribution in [1.82, 2.24) is 52.2 Å². The SMILES string of the molecule is CCCCCC(=O)N[C@H]1CC(=O)NCCCCCNC(=O)[C@H](Cc2c[nH]c3ccccc23)NC(=O)C(CCCN=C(N)N)NC(=O)[C@@H](Cc2cccc3ccccc23)NC(=O)C(Cc2cnc[nH]2)NC1=O. The first kappa shape index (κ1) is 52.6. The van der Waals surface area contributed by atoms with Crippen molar-refractivity contribution in [2.75, 3.05) is 19.6 Å². The minimum Gasteiger partial charge on any atom is -0.370 e. The van der Waals surface area contributed by atoms with Gasteiger partial charge >= 0.3 is 0 Å². The van der Waals surface area contributed by atoms with Crippen LogP contribution in [0.3, 0.4) is 0 Å². The summed E-state index contributed by atoms with van der Waals surface area (Å²) < 4.78 is 0. The van der Waals surface area contributed by atoms with Crippen LogP contribution in [-0.4, -0.2) is 112 Å². The van der Waals surface area contributed by atoms with E-state index in [1.807, 2.05) is 73.7 Å². The number of nitrogens with one attached hydrogen (secondary N) is 9. The minimum absolute atomic E-state index is 0.0432. The van der Waals surface area contributed by atoms with E-state index in [0.717, 1.165) is 40.1 Å².